The van der Waals surface area contributed by atoms with Crippen LogP contribution in [0.3, 0.4) is 0 Å². The van der Waals surface area contributed by atoms with Crippen molar-refractivity contribution in [2.45, 2.75) is 31.7 Å². The van der Waals surface area contributed by atoms with E-state index >= 15 is 0 Å². The molecule has 92 valence electrons. The first-order valence-corrected chi connectivity index (χ1v) is 6.73. The van der Waals surface area contributed by atoms with Gasteiger partial charge in [-0.2, -0.15) is 0 Å². The SMILES string of the molecule is O=C(NC(CCl)Cc1ccccc1)C1CCC1. The van der Waals surface area contributed by atoms with Crippen LogP contribution in [0.5, 0.6) is 0 Å². The molecule has 0 bridgehead atoms. The molecular formula is C14H18ClNO. The van der Waals surface area contributed by atoms with Gasteiger partial charge >= 0.3 is 0 Å². The molecule has 3 heteroatoms. The van der Waals surface area contributed by atoms with Crippen molar-refractivity contribution < 1.29 is 4.79 Å². The molecule has 2 rings (SSSR count). The monoisotopic (exact) mass is 251 g/mol. The summed E-state index contributed by atoms with van der Waals surface area (Å²) in [6, 6.07) is 10.2. The maximum atomic E-state index is 11.8. The highest BCUT2D eigenvalue weighted by atomic mass is 35.5. The Balaban J connectivity index is 1.86. The van der Waals surface area contributed by atoms with E-state index in [0.29, 0.717) is 5.88 Å². The van der Waals surface area contributed by atoms with Crippen molar-refractivity contribution in [3.05, 3.63) is 35.9 Å². The first-order valence-electron chi connectivity index (χ1n) is 6.20. The van der Waals surface area contributed by atoms with E-state index in [1.165, 1.54) is 12.0 Å². The fraction of sp³-hybridized carbons (Fsp3) is 0.500. The van der Waals surface area contributed by atoms with E-state index in [0.717, 1.165) is 19.3 Å². The van der Waals surface area contributed by atoms with Gasteiger partial charge in [0.1, 0.15) is 0 Å². The number of nitrogens with one attached hydrogen (secondary N) is 1. The Morgan fingerprint density at radius 3 is 2.59 bits per heavy atom. The van der Waals surface area contributed by atoms with Crippen LogP contribution in [0.2, 0.25) is 0 Å². The van der Waals surface area contributed by atoms with Crippen molar-refractivity contribution >= 4 is 17.5 Å². The average Bonchev–Trinajstić information content (AvgIpc) is 2.27. The minimum Gasteiger partial charge on any atom is -0.352 e. The normalized spacial score (nSPS) is 17.2. The third kappa shape index (κ3) is 3.47. The Labute approximate surface area is 107 Å². The zero-order valence-electron chi connectivity index (χ0n) is 9.86. The highest BCUT2D eigenvalue weighted by Crippen LogP contribution is 2.26. The molecule has 0 spiro atoms. The standard InChI is InChI=1S/C14H18ClNO/c15-10-13(9-11-5-2-1-3-6-11)16-14(17)12-7-4-8-12/h1-3,5-6,12-13H,4,7-10H2,(H,16,17). The van der Waals surface area contributed by atoms with E-state index in [-0.39, 0.29) is 17.9 Å². The van der Waals surface area contributed by atoms with Crippen molar-refractivity contribution in [3.8, 4) is 0 Å². The molecule has 2 nitrogen and oxygen atoms in total. The lowest BCUT2D eigenvalue weighted by Gasteiger charge is -2.26. The van der Waals surface area contributed by atoms with Gasteiger partial charge in [-0.05, 0) is 24.8 Å². The minimum absolute atomic E-state index is 0.0483. The molecule has 0 aromatic heterocycles. The molecule has 17 heavy (non-hydrogen) atoms. The third-order valence-corrected chi connectivity index (χ3v) is 3.71. The third-order valence-electron chi connectivity index (χ3n) is 3.33. The van der Waals surface area contributed by atoms with Gasteiger partial charge in [-0.1, -0.05) is 36.8 Å². The van der Waals surface area contributed by atoms with Crippen LogP contribution in [0.15, 0.2) is 30.3 Å². The topological polar surface area (TPSA) is 29.1 Å². The van der Waals surface area contributed by atoms with Gasteiger partial charge < -0.3 is 5.32 Å². The summed E-state index contributed by atoms with van der Waals surface area (Å²) in [7, 11) is 0. The van der Waals surface area contributed by atoms with Crippen LogP contribution >= 0.6 is 11.6 Å². The number of alkyl halides is 1. The lowest BCUT2D eigenvalue weighted by molar-refractivity contribution is -0.127. The number of hydrogen-bond acceptors (Lipinski definition) is 1. The molecular weight excluding hydrogens is 234 g/mol. The molecule has 0 saturated heterocycles. The maximum absolute atomic E-state index is 11.8. The Morgan fingerprint density at radius 2 is 2.06 bits per heavy atom. The van der Waals surface area contributed by atoms with Crippen molar-refractivity contribution in [2.24, 2.45) is 5.92 Å². The Bertz CT molecular complexity index is 362. The summed E-state index contributed by atoms with van der Waals surface area (Å²) in [5.41, 5.74) is 1.21. The number of rotatable bonds is 5. The van der Waals surface area contributed by atoms with Gasteiger partial charge in [-0.3, -0.25) is 4.79 Å². The quantitative estimate of drug-likeness (QED) is 0.801. The van der Waals surface area contributed by atoms with Crippen molar-refractivity contribution in [1.82, 2.24) is 5.32 Å². The van der Waals surface area contributed by atoms with Crippen LogP contribution in [0.4, 0.5) is 0 Å². The van der Waals surface area contributed by atoms with Crippen LogP contribution in [-0.2, 0) is 11.2 Å². The highest BCUT2D eigenvalue weighted by Gasteiger charge is 2.26. The number of halogens is 1. The Morgan fingerprint density at radius 1 is 1.35 bits per heavy atom. The van der Waals surface area contributed by atoms with Crippen molar-refractivity contribution in [2.75, 3.05) is 5.88 Å². The van der Waals surface area contributed by atoms with Gasteiger partial charge in [0, 0.05) is 17.8 Å². The molecule has 1 atom stereocenters. The maximum Gasteiger partial charge on any atom is 0.223 e. The highest BCUT2D eigenvalue weighted by molar-refractivity contribution is 6.18. The van der Waals surface area contributed by atoms with E-state index in [1.54, 1.807) is 0 Å². The molecule has 1 aliphatic carbocycles. The smallest absolute Gasteiger partial charge is 0.223 e. The molecule has 1 fully saturated rings. The molecule has 0 radical (unpaired) electrons. The number of amides is 1. The number of hydrogen-bond donors (Lipinski definition) is 1. The van der Waals surface area contributed by atoms with Crippen molar-refractivity contribution in [1.29, 1.82) is 0 Å². The summed E-state index contributed by atoms with van der Waals surface area (Å²) in [6.45, 7) is 0. The summed E-state index contributed by atoms with van der Waals surface area (Å²) >= 11 is 5.91. The second-order valence-corrected chi connectivity index (χ2v) is 4.99. The summed E-state index contributed by atoms with van der Waals surface area (Å²) < 4.78 is 0. The molecule has 1 amide bonds. The van der Waals surface area contributed by atoms with E-state index in [4.69, 9.17) is 11.6 Å². The summed E-state index contributed by atoms with van der Waals surface area (Å²) in [4.78, 5) is 11.8. The molecule has 0 aliphatic heterocycles. The fourth-order valence-electron chi connectivity index (χ4n) is 2.03. The Hall–Kier alpha value is -1.02. The van der Waals surface area contributed by atoms with Gasteiger partial charge in [0.2, 0.25) is 5.91 Å². The second kappa shape index (κ2) is 6.06. The largest absolute Gasteiger partial charge is 0.352 e. The van der Waals surface area contributed by atoms with Crippen LogP contribution in [-0.4, -0.2) is 17.8 Å². The summed E-state index contributed by atoms with van der Waals surface area (Å²) in [6.07, 6.45) is 4.06. The number of carbonyl (C=O) groups is 1. The van der Waals surface area contributed by atoms with Gasteiger partial charge in [-0.15, -0.1) is 11.6 Å². The minimum atomic E-state index is 0.0483. The van der Waals surface area contributed by atoms with Crippen LogP contribution in [0.1, 0.15) is 24.8 Å². The van der Waals surface area contributed by atoms with Crippen molar-refractivity contribution in [3.63, 3.8) is 0 Å². The van der Waals surface area contributed by atoms with Gasteiger partial charge in [0.25, 0.3) is 0 Å². The van der Waals surface area contributed by atoms with E-state index in [1.807, 2.05) is 18.2 Å². The molecule has 1 saturated carbocycles. The number of carbonyl (C=O) groups excluding carboxylic acids is 1. The van der Waals surface area contributed by atoms with Crippen LogP contribution in [0.25, 0.3) is 0 Å². The van der Waals surface area contributed by atoms with E-state index < -0.39 is 0 Å². The summed E-state index contributed by atoms with van der Waals surface area (Å²) in [5.74, 6) is 0.877. The fourth-order valence-corrected chi connectivity index (χ4v) is 2.22. The molecule has 1 aliphatic rings. The number of benzene rings is 1. The zero-order chi connectivity index (χ0) is 12.1. The molecule has 0 heterocycles. The van der Waals surface area contributed by atoms with Gasteiger partial charge in [0.15, 0.2) is 0 Å². The molecule has 1 unspecified atom stereocenters. The zero-order valence-corrected chi connectivity index (χ0v) is 10.6. The van der Waals surface area contributed by atoms with E-state index in [9.17, 15) is 4.79 Å². The predicted molar refractivity (Wildman–Crippen MR) is 70.1 cm³/mol. The second-order valence-electron chi connectivity index (χ2n) is 4.68. The Kier molecular flexibility index (Phi) is 4.43. The van der Waals surface area contributed by atoms with Gasteiger partial charge in [-0.25, -0.2) is 0 Å². The van der Waals surface area contributed by atoms with E-state index in [2.05, 4.69) is 17.4 Å². The van der Waals surface area contributed by atoms with Crippen LogP contribution < -0.4 is 5.32 Å². The van der Waals surface area contributed by atoms with Crippen LogP contribution in [0, 0.1) is 5.92 Å². The first-order chi connectivity index (χ1) is 8.29. The molecule has 1 aromatic carbocycles. The van der Waals surface area contributed by atoms with Gasteiger partial charge in [0.05, 0.1) is 0 Å². The summed E-state index contributed by atoms with van der Waals surface area (Å²) in [5, 5.41) is 3.05. The lowest BCUT2D eigenvalue weighted by Crippen LogP contribution is -2.43. The first kappa shape index (κ1) is 12.4. The average molecular weight is 252 g/mol. The predicted octanol–water partition coefficient (Wildman–Crippen LogP) is 2.75. The molecule has 1 N–H and O–H groups in total. The lowest BCUT2D eigenvalue weighted by atomic mass is 9.84. The molecule has 1 aromatic rings.